The Morgan fingerprint density at radius 3 is 2.23 bits per heavy atom. The normalized spacial score (nSPS) is 13.3. The van der Waals surface area contributed by atoms with Crippen molar-refractivity contribution in [2.75, 3.05) is 67.9 Å². The van der Waals surface area contributed by atoms with Gasteiger partial charge in [0.25, 0.3) is 0 Å². The molecule has 2 heterocycles. The summed E-state index contributed by atoms with van der Waals surface area (Å²) in [6.45, 7) is 8.14. The monoisotopic (exact) mass is 595 g/mol. The van der Waals surface area contributed by atoms with E-state index in [1.54, 1.807) is 31.3 Å². The molecule has 230 valence electrons. The zero-order chi connectivity index (χ0) is 31.1. The van der Waals surface area contributed by atoms with Crippen molar-refractivity contribution in [2.45, 2.75) is 26.7 Å². The van der Waals surface area contributed by atoms with Crippen LogP contribution in [0.2, 0.25) is 0 Å². The van der Waals surface area contributed by atoms with Gasteiger partial charge in [-0.25, -0.2) is 19.7 Å². The Balaban J connectivity index is 1.50. The molecule has 10 heteroatoms. The van der Waals surface area contributed by atoms with Gasteiger partial charge in [0, 0.05) is 49.7 Å². The molecule has 0 saturated carbocycles. The number of amides is 2. The van der Waals surface area contributed by atoms with E-state index in [2.05, 4.69) is 75.6 Å². The highest BCUT2D eigenvalue weighted by Crippen LogP contribution is 2.34. The standard InChI is InChI=1S/C34H41N7O3/c1-6-24-9-8-10-25(7-2)33(24)38-34(42)41(27-13-11-26(12-14-27)40-19-17-39(3)18-20-40)32-22-31(35-23-36-32)37-29-16-15-28(43-4)21-30(29)44-5/h8-16,21-23H,6-7,17-20H2,1-5H3,(H,38,42)(H,35,36,37). The summed E-state index contributed by atoms with van der Waals surface area (Å²) >= 11 is 0. The van der Waals surface area contributed by atoms with Gasteiger partial charge in [0.05, 0.1) is 25.6 Å². The maximum atomic E-state index is 14.2. The Morgan fingerprint density at radius 2 is 1.59 bits per heavy atom. The molecule has 1 aromatic heterocycles. The molecule has 10 nitrogen and oxygen atoms in total. The number of hydrogen-bond donors (Lipinski definition) is 2. The summed E-state index contributed by atoms with van der Waals surface area (Å²) < 4.78 is 10.9. The number of rotatable bonds is 10. The number of methoxy groups -OCH3 is 2. The molecule has 3 aromatic carbocycles. The summed E-state index contributed by atoms with van der Waals surface area (Å²) in [4.78, 5) is 29.5. The number of aryl methyl sites for hydroxylation is 2. The van der Waals surface area contributed by atoms with Gasteiger partial charge in [0.1, 0.15) is 29.5 Å². The van der Waals surface area contributed by atoms with Crippen molar-refractivity contribution < 1.29 is 14.3 Å². The number of ether oxygens (including phenoxy) is 2. The first-order chi connectivity index (χ1) is 21.4. The molecule has 0 spiro atoms. The summed E-state index contributed by atoms with van der Waals surface area (Å²) in [6, 6.07) is 21.2. The summed E-state index contributed by atoms with van der Waals surface area (Å²) in [6.07, 6.45) is 3.05. The lowest BCUT2D eigenvalue weighted by Crippen LogP contribution is -2.44. The molecule has 0 unspecified atom stereocenters. The molecule has 4 aromatic rings. The lowest BCUT2D eigenvalue weighted by Gasteiger charge is -2.34. The van der Waals surface area contributed by atoms with E-state index >= 15 is 0 Å². The summed E-state index contributed by atoms with van der Waals surface area (Å²) in [5, 5.41) is 6.52. The van der Waals surface area contributed by atoms with Crippen LogP contribution in [0.4, 0.5) is 39.2 Å². The number of nitrogens with one attached hydrogen (secondary N) is 2. The van der Waals surface area contributed by atoms with Crippen LogP contribution in [0.15, 0.2) is 73.1 Å². The Labute approximate surface area is 259 Å². The average Bonchev–Trinajstić information content (AvgIpc) is 3.06. The fourth-order valence-electron chi connectivity index (χ4n) is 5.37. The maximum Gasteiger partial charge on any atom is 0.332 e. The van der Waals surface area contributed by atoms with E-state index in [0.29, 0.717) is 34.5 Å². The molecule has 0 aliphatic carbocycles. The molecule has 2 N–H and O–H groups in total. The zero-order valence-electron chi connectivity index (χ0n) is 26.1. The van der Waals surface area contributed by atoms with Crippen molar-refractivity contribution in [3.63, 3.8) is 0 Å². The highest BCUT2D eigenvalue weighted by atomic mass is 16.5. The average molecular weight is 596 g/mol. The van der Waals surface area contributed by atoms with E-state index in [0.717, 1.165) is 61.5 Å². The Kier molecular flexibility index (Phi) is 9.81. The summed E-state index contributed by atoms with van der Waals surface area (Å²) in [5.74, 6) is 2.21. The Morgan fingerprint density at radius 1 is 0.886 bits per heavy atom. The zero-order valence-corrected chi connectivity index (χ0v) is 26.1. The molecule has 44 heavy (non-hydrogen) atoms. The number of benzene rings is 3. The van der Waals surface area contributed by atoms with Gasteiger partial charge in [-0.2, -0.15) is 0 Å². The smallest absolute Gasteiger partial charge is 0.332 e. The van der Waals surface area contributed by atoms with Crippen molar-refractivity contribution in [1.82, 2.24) is 14.9 Å². The van der Waals surface area contributed by atoms with Crippen molar-refractivity contribution in [2.24, 2.45) is 0 Å². The molecule has 5 rings (SSSR count). The van der Waals surface area contributed by atoms with Crippen LogP contribution < -0.4 is 29.9 Å². The lowest BCUT2D eigenvalue weighted by molar-refractivity contribution is 0.259. The molecule has 1 aliphatic heterocycles. The molecular formula is C34H41N7O3. The van der Waals surface area contributed by atoms with Gasteiger partial charge in [0.2, 0.25) is 0 Å². The minimum atomic E-state index is -0.306. The first-order valence-electron chi connectivity index (χ1n) is 15.0. The quantitative estimate of drug-likeness (QED) is 0.215. The van der Waals surface area contributed by atoms with Crippen LogP contribution in [-0.4, -0.2) is 68.3 Å². The van der Waals surface area contributed by atoms with Crippen molar-refractivity contribution in [3.8, 4) is 11.5 Å². The van der Waals surface area contributed by atoms with Crippen molar-refractivity contribution in [1.29, 1.82) is 0 Å². The molecule has 0 atom stereocenters. The largest absolute Gasteiger partial charge is 0.497 e. The van der Waals surface area contributed by atoms with Crippen LogP contribution in [0.25, 0.3) is 0 Å². The molecule has 0 bridgehead atoms. The number of para-hydroxylation sites is 1. The maximum absolute atomic E-state index is 14.2. The summed E-state index contributed by atoms with van der Waals surface area (Å²) in [5.41, 5.74) is 5.54. The van der Waals surface area contributed by atoms with Crippen molar-refractivity contribution in [3.05, 3.63) is 84.2 Å². The van der Waals surface area contributed by atoms with Crippen molar-refractivity contribution >= 4 is 40.4 Å². The molecule has 1 fully saturated rings. The summed E-state index contributed by atoms with van der Waals surface area (Å²) in [7, 11) is 5.35. The fourth-order valence-corrected chi connectivity index (χ4v) is 5.37. The first-order valence-corrected chi connectivity index (χ1v) is 15.0. The highest BCUT2D eigenvalue weighted by Gasteiger charge is 2.23. The predicted molar refractivity (Wildman–Crippen MR) is 177 cm³/mol. The third kappa shape index (κ3) is 6.86. The van der Waals surface area contributed by atoms with E-state index in [-0.39, 0.29) is 6.03 Å². The Hall–Kier alpha value is -4.83. The second-order valence-electron chi connectivity index (χ2n) is 10.7. The third-order valence-electron chi connectivity index (χ3n) is 7.96. The number of carbonyl (C=O) groups excluding carboxylic acids is 1. The van der Waals surface area contributed by atoms with Gasteiger partial charge < -0.3 is 29.9 Å². The predicted octanol–water partition coefficient (Wildman–Crippen LogP) is 6.48. The minimum absolute atomic E-state index is 0.306. The number of nitrogens with zero attached hydrogens (tertiary/aromatic N) is 5. The van der Waals surface area contributed by atoms with Gasteiger partial charge in [-0.1, -0.05) is 32.0 Å². The molecule has 2 amide bonds. The Bertz CT molecular complexity index is 1550. The van der Waals surface area contributed by atoms with Crippen LogP contribution in [0.3, 0.4) is 0 Å². The number of hydrogen-bond acceptors (Lipinski definition) is 8. The van der Waals surface area contributed by atoms with E-state index < -0.39 is 0 Å². The molecule has 1 saturated heterocycles. The molecule has 0 radical (unpaired) electrons. The molecule has 1 aliphatic rings. The van der Waals surface area contributed by atoms with Gasteiger partial charge in [0.15, 0.2) is 0 Å². The van der Waals surface area contributed by atoms with Crippen LogP contribution in [0.1, 0.15) is 25.0 Å². The van der Waals surface area contributed by atoms with Gasteiger partial charge in [-0.05, 0) is 67.4 Å². The minimum Gasteiger partial charge on any atom is -0.497 e. The van der Waals surface area contributed by atoms with Crippen LogP contribution in [0, 0.1) is 0 Å². The SMILES string of the molecule is CCc1cccc(CC)c1NC(=O)N(c1ccc(N2CCN(C)CC2)cc1)c1cc(Nc2ccc(OC)cc2OC)ncn1. The van der Waals surface area contributed by atoms with E-state index in [1.807, 2.05) is 30.3 Å². The fraction of sp³-hybridized carbons (Fsp3) is 0.324. The first kappa shape index (κ1) is 30.6. The van der Waals surface area contributed by atoms with E-state index in [1.165, 1.54) is 6.33 Å². The highest BCUT2D eigenvalue weighted by molar-refractivity contribution is 6.07. The van der Waals surface area contributed by atoms with Gasteiger partial charge in [-0.15, -0.1) is 0 Å². The third-order valence-corrected chi connectivity index (χ3v) is 7.96. The lowest BCUT2D eigenvalue weighted by atomic mass is 10.0. The van der Waals surface area contributed by atoms with E-state index in [9.17, 15) is 4.79 Å². The number of likely N-dealkylation sites (N-methyl/N-ethyl adjacent to an activating group) is 1. The number of anilines is 6. The second-order valence-corrected chi connectivity index (χ2v) is 10.7. The van der Waals surface area contributed by atoms with Gasteiger partial charge in [-0.3, -0.25) is 0 Å². The van der Waals surface area contributed by atoms with Gasteiger partial charge >= 0.3 is 6.03 Å². The molecular weight excluding hydrogens is 554 g/mol. The number of carbonyl (C=O) groups is 1. The van der Waals surface area contributed by atoms with Crippen LogP contribution in [0.5, 0.6) is 11.5 Å². The number of aromatic nitrogens is 2. The topological polar surface area (TPSA) is 95.1 Å². The van der Waals surface area contributed by atoms with Crippen LogP contribution >= 0.6 is 0 Å². The number of urea groups is 1. The number of piperazine rings is 1. The van der Waals surface area contributed by atoms with Crippen LogP contribution in [-0.2, 0) is 12.8 Å². The van der Waals surface area contributed by atoms with E-state index in [4.69, 9.17) is 9.47 Å². The second kappa shape index (κ2) is 14.1.